The minimum absolute atomic E-state index is 0.191. The highest BCUT2D eigenvalue weighted by Gasteiger charge is 2.20. The van der Waals surface area contributed by atoms with Gasteiger partial charge in [-0.25, -0.2) is 0 Å². The van der Waals surface area contributed by atoms with E-state index < -0.39 is 0 Å². The van der Waals surface area contributed by atoms with Crippen LogP contribution in [-0.4, -0.2) is 19.0 Å². The molecule has 1 saturated heterocycles. The van der Waals surface area contributed by atoms with E-state index in [-0.39, 0.29) is 11.8 Å². The Morgan fingerprint density at radius 2 is 1.81 bits per heavy atom. The van der Waals surface area contributed by atoms with Gasteiger partial charge in [0, 0.05) is 12.5 Å². The first-order valence-electron chi connectivity index (χ1n) is 8.21. The highest BCUT2D eigenvalue weighted by Crippen LogP contribution is 2.13. The Kier molecular flexibility index (Phi) is 6.24. The van der Waals surface area contributed by atoms with Crippen LogP contribution >= 0.6 is 0 Å². The maximum Gasteiger partial charge on any atom is 0.223 e. The maximum atomic E-state index is 12.1. The van der Waals surface area contributed by atoms with E-state index in [0.29, 0.717) is 6.54 Å². The zero-order chi connectivity index (χ0) is 15.1. The molecular formula is C18H28N2O. The summed E-state index contributed by atoms with van der Waals surface area (Å²) >= 11 is 0. The fraction of sp³-hybridized carbons (Fsp3) is 0.611. The molecule has 2 N–H and O–H groups in total. The van der Waals surface area contributed by atoms with Gasteiger partial charge in [0.1, 0.15) is 0 Å². The Morgan fingerprint density at radius 1 is 1.19 bits per heavy atom. The van der Waals surface area contributed by atoms with Crippen molar-refractivity contribution in [3.63, 3.8) is 0 Å². The van der Waals surface area contributed by atoms with Crippen molar-refractivity contribution in [3.05, 3.63) is 35.4 Å². The van der Waals surface area contributed by atoms with Gasteiger partial charge in [0.2, 0.25) is 5.91 Å². The standard InChI is InChI=1S/C18H28N2O/c1-14(2)3-4-15-5-7-16(8-6-15)13-20-18(21)17-9-11-19-12-10-17/h5-8,14,17,19H,3-4,9-13H2,1-2H3,(H,20,21). The van der Waals surface area contributed by atoms with Gasteiger partial charge in [0.15, 0.2) is 0 Å². The van der Waals surface area contributed by atoms with Crippen LogP contribution in [0.1, 0.15) is 44.2 Å². The summed E-state index contributed by atoms with van der Waals surface area (Å²) < 4.78 is 0. The SMILES string of the molecule is CC(C)CCc1ccc(CNC(=O)C2CCNCC2)cc1. The number of amides is 1. The predicted octanol–water partition coefficient (Wildman–Crippen LogP) is 2.89. The molecule has 0 bridgehead atoms. The van der Waals surface area contributed by atoms with E-state index in [1.54, 1.807) is 0 Å². The Morgan fingerprint density at radius 3 is 2.43 bits per heavy atom. The average molecular weight is 288 g/mol. The first-order valence-corrected chi connectivity index (χ1v) is 8.21. The molecule has 2 rings (SSSR count). The van der Waals surface area contributed by atoms with E-state index in [0.717, 1.165) is 38.3 Å². The van der Waals surface area contributed by atoms with Gasteiger partial charge in [-0.1, -0.05) is 38.1 Å². The molecule has 3 nitrogen and oxygen atoms in total. The van der Waals surface area contributed by atoms with Gasteiger partial charge >= 0.3 is 0 Å². The highest BCUT2D eigenvalue weighted by atomic mass is 16.1. The Balaban J connectivity index is 1.76. The van der Waals surface area contributed by atoms with Gasteiger partial charge in [0.05, 0.1) is 0 Å². The highest BCUT2D eigenvalue weighted by molar-refractivity contribution is 5.78. The Bertz CT molecular complexity index is 433. The molecule has 0 radical (unpaired) electrons. The lowest BCUT2D eigenvalue weighted by Crippen LogP contribution is -2.37. The van der Waals surface area contributed by atoms with Crippen LogP contribution < -0.4 is 10.6 Å². The van der Waals surface area contributed by atoms with Gasteiger partial charge in [0.25, 0.3) is 0 Å². The van der Waals surface area contributed by atoms with Gasteiger partial charge < -0.3 is 10.6 Å². The second-order valence-corrected chi connectivity index (χ2v) is 6.49. The molecule has 1 amide bonds. The molecule has 3 heteroatoms. The number of aryl methyl sites for hydroxylation is 1. The molecule has 21 heavy (non-hydrogen) atoms. The largest absolute Gasteiger partial charge is 0.352 e. The summed E-state index contributed by atoms with van der Waals surface area (Å²) in [6.07, 6.45) is 4.28. The molecule has 0 saturated carbocycles. The summed E-state index contributed by atoms with van der Waals surface area (Å²) in [7, 11) is 0. The fourth-order valence-electron chi connectivity index (χ4n) is 2.70. The fourth-order valence-corrected chi connectivity index (χ4v) is 2.70. The molecule has 1 fully saturated rings. The van der Waals surface area contributed by atoms with Crippen LogP contribution in [0.2, 0.25) is 0 Å². The Hall–Kier alpha value is -1.35. The van der Waals surface area contributed by atoms with E-state index in [1.165, 1.54) is 17.5 Å². The number of hydrogen-bond acceptors (Lipinski definition) is 2. The van der Waals surface area contributed by atoms with Crippen molar-refractivity contribution in [1.29, 1.82) is 0 Å². The second-order valence-electron chi connectivity index (χ2n) is 6.49. The Labute approximate surface area is 128 Å². The minimum atomic E-state index is 0.191. The number of benzene rings is 1. The van der Waals surface area contributed by atoms with E-state index >= 15 is 0 Å². The monoisotopic (exact) mass is 288 g/mol. The van der Waals surface area contributed by atoms with Crippen molar-refractivity contribution in [2.45, 2.75) is 46.1 Å². The smallest absolute Gasteiger partial charge is 0.223 e. The lowest BCUT2D eigenvalue weighted by Gasteiger charge is -2.21. The van der Waals surface area contributed by atoms with Crippen molar-refractivity contribution < 1.29 is 4.79 Å². The number of carbonyl (C=O) groups is 1. The molecule has 116 valence electrons. The minimum Gasteiger partial charge on any atom is -0.352 e. The molecule has 0 atom stereocenters. The third-order valence-electron chi connectivity index (χ3n) is 4.21. The van der Waals surface area contributed by atoms with Crippen LogP contribution in [0.15, 0.2) is 24.3 Å². The number of hydrogen-bond donors (Lipinski definition) is 2. The molecule has 1 aromatic rings. The lowest BCUT2D eigenvalue weighted by atomic mass is 9.97. The number of nitrogens with one attached hydrogen (secondary N) is 2. The van der Waals surface area contributed by atoms with Crippen LogP contribution in [0.4, 0.5) is 0 Å². The van der Waals surface area contributed by atoms with Crippen LogP contribution in [0.5, 0.6) is 0 Å². The third-order valence-corrected chi connectivity index (χ3v) is 4.21. The summed E-state index contributed by atoms with van der Waals surface area (Å²) in [5.41, 5.74) is 2.57. The number of rotatable bonds is 6. The summed E-state index contributed by atoms with van der Waals surface area (Å²) in [5, 5.41) is 6.36. The van der Waals surface area contributed by atoms with E-state index in [9.17, 15) is 4.79 Å². The summed E-state index contributed by atoms with van der Waals surface area (Å²) in [6, 6.07) is 8.65. The quantitative estimate of drug-likeness (QED) is 0.845. The molecule has 0 aromatic heterocycles. The zero-order valence-electron chi connectivity index (χ0n) is 13.3. The molecule has 1 aliphatic rings. The molecule has 0 aliphatic carbocycles. The third kappa shape index (κ3) is 5.50. The summed E-state index contributed by atoms with van der Waals surface area (Å²) in [4.78, 5) is 12.1. The van der Waals surface area contributed by atoms with Crippen LogP contribution in [0.3, 0.4) is 0 Å². The lowest BCUT2D eigenvalue weighted by molar-refractivity contribution is -0.125. The van der Waals surface area contributed by atoms with Crippen molar-refractivity contribution in [2.24, 2.45) is 11.8 Å². The van der Waals surface area contributed by atoms with Gasteiger partial charge in [-0.3, -0.25) is 4.79 Å². The van der Waals surface area contributed by atoms with Crippen LogP contribution in [0, 0.1) is 11.8 Å². The van der Waals surface area contributed by atoms with Gasteiger partial charge in [-0.05, 0) is 55.8 Å². The van der Waals surface area contributed by atoms with Gasteiger partial charge in [-0.2, -0.15) is 0 Å². The second kappa shape index (κ2) is 8.18. The van der Waals surface area contributed by atoms with Crippen LogP contribution in [-0.2, 0) is 17.8 Å². The topological polar surface area (TPSA) is 41.1 Å². The van der Waals surface area contributed by atoms with E-state index in [4.69, 9.17) is 0 Å². The molecule has 0 unspecified atom stereocenters. The maximum absolute atomic E-state index is 12.1. The summed E-state index contributed by atoms with van der Waals surface area (Å²) in [6.45, 7) is 7.08. The first-order chi connectivity index (χ1) is 10.1. The van der Waals surface area contributed by atoms with E-state index in [2.05, 4.69) is 48.7 Å². The van der Waals surface area contributed by atoms with Crippen molar-refractivity contribution in [3.8, 4) is 0 Å². The van der Waals surface area contributed by atoms with Crippen LogP contribution in [0.25, 0.3) is 0 Å². The normalized spacial score (nSPS) is 16.1. The first kappa shape index (κ1) is 16.0. The predicted molar refractivity (Wildman–Crippen MR) is 87.0 cm³/mol. The average Bonchev–Trinajstić information content (AvgIpc) is 2.52. The molecular weight excluding hydrogens is 260 g/mol. The number of piperidine rings is 1. The summed E-state index contributed by atoms with van der Waals surface area (Å²) in [5.74, 6) is 1.14. The van der Waals surface area contributed by atoms with Crippen molar-refractivity contribution in [1.82, 2.24) is 10.6 Å². The zero-order valence-corrected chi connectivity index (χ0v) is 13.3. The van der Waals surface area contributed by atoms with E-state index in [1.807, 2.05) is 0 Å². The molecule has 0 spiro atoms. The number of carbonyl (C=O) groups excluding carboxylic acids is 1. The van der Waals surface area contributed by atoms with Gasteiger partial charge in [-0.15, -0.1) is 0 Å². The molecule has 1 aromatic carbocycles. The molecule has 1 heterocycles. The van der Waals surface area contributed by atoms with Crippen molar-refractivity contribution >= 4 is 5.91 Å². The van der Waals surface area contributed by atoms with Crippen molar-refractivity contribution in [2.75, 3.05) is 13.1 Å². The molecule has 1 aliphatic heterocycles.